The summed E-state index contributed by atoms with van der Waals surface area (Å²) in [5, 5.41) is 1.26. The Morgan fingerprint density at radius 3 is 2.73 bits per heavy atom. The molecule has 1 amide bonds. The van der Waals surface area contributed by atoms with E-state index < -0.39 is 19.8 Å². The molecule has 0 saturated carbocycles. The summed E-state index contributed by atoms with van der Waals surface area (Å²) in [4.78, 5) is 36.3. The van der Waals surface area contributed by atoms with Gasteiger partial charge in [-0.2, -0.15) is 0 Å². The minimum absolute atomic E-state index is 0.170. The average Bonchev–Trinajstić information content (AvgIpc) is 2.91. The van der Waals surface area contributed by atoms with E-state index >= 15 is 0 Å². The maximum absolute atomic E-state index is 12.9. The van der Waals surface area contributed by atoms with Gasteiger partial charge in [-0.3, -0.25) is 0 Å². The van der Waals surface area contributed by atoms with Crippen molar-refractivity contribution in [1.29, 1.82) is 0 Å². The number of amides is 1. The van der Waals surface area contributed by atoms with Gasteiger partial charge in [-0.25, -0.2) is 0 Å². The zero-order chi connectivity index (χ0) is 18.8. The van der Waals surface area contributed by atoms with Crippen molar-refractivity contribution in [3.8, 4) is 0 Å². The number of carbonyl (C=O) groups is 1. The number of aryl methyl sites for hydroxylation is 1. The van der Waals surface area contributed by atoms with E-state index in [4.69, 9.17) is 9.82 Å². The summed E-state index contributed by atoms with van der Waals surface area (Å²) in [7, 11) is 7.04. The van der Waals surface area contributed by atoms with Gasteiger partial charge in [0, 0.05) is 0 Å². The number of aromatic nitrogens is 2. The number of anilines is 1. The van der Waals surface area contributed by atoms with Crippen molar-refractivity contribution in [3.05, 3.63) is 23.0 Å². The van der Waals surface area contributed by atoms with Crippen LogP contribution < -0.4 is 4.90 Å². The van der Waals surface area contributed by atoms with Crippen LogP contribution in [-0.2, 0) is 16.1 Å². The molecule has 0 aromatic carbocycles. The second-order valence-electron chi connectivity index (χ2n) is 6.58. The van der Waals surface area contributed by atoms with E-state index in [2.05, 4.69) is 14.9 Å². The third-order valence-corrected chi connectivity index (χ3v) is 9.71. The molecule has 0 atom stereocenters. The van der Waals surface area contributed by atoms with E-state index in [1.165, 1.54) is 21.3 Å². The zero-order valence-electron chi connectivity index (χ0n) is 16.0. The van der Waals surface area contributed by atoms with Gasteiger partial charge < -0.3 is 0 Å². The van der Waals surface area contributed by atoms with Gasteiger partial charge in [0.05, 0.1) is 0 Å². The monoisotopic (exact) mass is 471 g/mol. The van der Waals surface area contributed by atoms with Crippen LogP contribution in [-0.4, -0.2) is 70.8 Å². The third kappa shape index (κ3) is 3.62. The first-order valence-electron chi connectivity index (χ1n) is 8.63. The minimum atomic E-state index is -1.47. The van der Waals surface area contributed by atoms with Crippen molar-refractivity contribution in [2.45, 2.75) is 19.3 Å². The predicted octanol–water partition coefficient (Wildman–Crippen LogP) is 2.20. The SMILES string of the molecule is CON(C)C(=O)C1=NCCI(C)C2=C1CCCc1cnc(N(C)C)nc12. The summed E-state index contributed by atoms with van der Waals surface area (Å²) in [5.74, 6) is 0.543. The van der Waals surface area contributed by atoms with E-state index in [0.29, 0.717) is 18.2 Å². The van der Waals surface area contributed by atoms with E-state index in [1.807, 2.05) is 25.2 Å². The van der Waals surface area contributed by atoms with Crippen molar-refractivity contribution in [3.63, 3.8) is 0 Å². The summed E-state index contributed by atoms with van der Waals surface area (Å²) >= 11 is -1.47. The van der Waals surface area contributed by atoms with Crippen LogP contribution in [0, 0.1) is 0 Å². The molecule has 0 radical (unpaired) electrons. The van der Waals surface area contributed by atoms with Gasteiger partial charge in [-0.05, 0) is 0 Å². The molecule has 26 heavy (non-hydrogen) atoms. The number of aliphatic imine (C=N–C) groups is 1. The quantitative estimate of drug-likeness (QED) is 0.384. The summed E-state index contributed by atoms with van der Waals surface area (Å²) < 4.78 is 2.36. The molecule has 1 aliphatic heterocycles. The average molecular weight is 471 g/mol. The van der Waals surface area contributed by atoms with Crippen molar-refractivity contribution in [2.75, 3.05) is 49.1 Å². The molecule has 0 saturated heterocycles. The molecule has 2 heterocycles. The van der Waals surface area contributed by atoms with Crippen LogP contribution >= 0.6 is 19.8 Å². The molecule has 0 N–H and O–H groups in total. The molecule has 1 aromatic heterocycles. The molecule has 2 aliphatic rings. The Morgan fingerprint density at radius 1 is 1.27 bits per heavy atom. The van der Waals surface area contributed by atoms with Crippen molar-refractivity contribution in [1.82, 2.24) is 15.0 Å². The van der Waals surface area contributed by atoms with Crippen LogP contribution in [0.25, 0.3) is 3.58 Å². The van der Waals surface area contributed by atoms with Crippen LogP contribution in [0.15, 0.2) is 16.8 Å². The Bertz CT molecular complexity index is 775. The summed E-state index contributed by atoms with van der Waals surface area (Å²) in [6, 6.07) is 0. The van der Waals surface area contributed by atoms with Gasteiger partial charge in [-0.15, -0.1) is 0 Å². The summed E-state index contributed by atoms with van der Waals surface area (Å²) in [6.45, 7) is 0.702. The van der Waals surface area contributed by atoms with Crippen molar-refractivity contribution >= 4 is 41.0 Å². The molecule has 0 bridgehead atoms. The first kappa shape index (κ1) is 19.2. The van der Waals surface area contributed by atoms with E-state index in [-0.39, 0.29) is 5.91 Å². The predicted molar refractivity (Wildman–Crippen MR) is 113 cm³/mol. The molecular formula is C18H26IN5O2. The Morgan fingerprint density at radius 2 is 2.04 bits per heavy atom. The number of carbonyl (C=O) groups excluding carboxylic acids is 1. The van der Waals surface area contributed by atoms with Gasteiger partial charge in [-0.1, -0.05) is 0 Å². The Hall–Kier alpha value is -1.55. The van der Waals surface area contributed by atoms with Crippen LogP contribution in [0.5, 0.6) is 0 Å². The molecule has 0 fully saturated rings. The third-order valence-electron chi connectivity index (χ3n) is 4.61. The Kier molecular flexibility index (Phi) is 5.91. The standard InChI is InChI=1S/C18H26IN5O2/c1-19-9-10-20-16(17(25)24(4)26-5)13-8-6-7-12-11-21-18(23(2)3)22-15(12)14(13)19/h11H,6-10H2,1-5H3. The fourth-order valence-corrected chi connectivity index (χ4v) is 7.64. The topological polar surface area (TPSA) is 70.9 Å². The van der Waals surface area contributed by atoms with E-state index in [9.17, 15) is 4.79 Å². The fraction of sp³-hybridized carbons (Fsp3) is 0.556. The summed E-state index contributed by atoms with van der Waals surface area (Å²) in [6.07, 6.45) is 4.72. The van der Waals surface area contributed by atoms with Crippen LogP contribution in [0.2, 0.25) is 0 Å². The Balaban J connectivity index is 2.19. The first-order valence-corrected chi connectivity index (χ1v) is 13.4. The van der Waals surface area contributed by atoms with Gasteiger partial charge >= 0.3 is 162 Å². The van der Waals surface area contributed by atoms with Gasteiger partial charge in [0.2, 0.25) is 0 Å². The summed E-state index contributed by atoms with van der Waals surface area (Å²) in [5.41, 5.74) is 3.89. The van der Waals surface area contributed by atoms with Gasteiger partial charge in [0.1, 0.15) is 0 Å². The number of hydrogen-bond acceptors (Lipinski definition) is 6. The molecule has 0 spiro atoms. The van der Waals surface area contributed by atoms with E-state index in [0.717, 1.165) is 35.0 Å². The molecule has 3 rings (SSSR count). The molecule has 1 aliphatic carbocycles. The second kappa shape index (κ2) is 7.99. The number of hydrogen-bond donors (Lipinski definition) is 0. The van der Waals surface area contributed by atoms with Gasteiger partial charge in [0.15, 0.2) is 0 Å². The van der Waals surface area contributed by atoms with E-state index in [1.54, 1.807) is 7.05 Å². The normalized spacial score (nSPS) is 18.3. The molecular weight excluding hydrogens is 445 g/mol. The molecule has 1 aromatic rings. The number of rotatable bonds is 3. The second-order valence-corrected chi connectivity index (χ2v) is 12.1. The van der Waals surface area contributed by atoms with Crippen LogP contribution in [0.4, 0.5) is 5.95 Å². The number of nitrogens with zero attached hydrogens (tertiary/aromatic N) is 5. The number of hydroxylamine groups is 2. The molecule has 0 unspecified atom stereocenters. The molecule has 7 nitrogen and oxygen atoms in total. The number of halogens is 1. The van der Waals surface area contributed by atoms with Gasteiger partial charge in [0.25, 0.3) is 0 Å². The zero-order valence-corrected chi connectivity index (χ0v) is 18.2. The first-order chi connectivity index (χ1) is 12.4. The number of fused-ring (bicyclic) bond motifs is 2. The fourth-order valence-electron chi connectivity index (χ4n) is 3.16. The van der Waals surface area contributed by atoms with Crippen molar-refractivity contribution in [2.24, 2.45) is 4.99 Å². The van der Waals surface area contributed by atoms with Crippen LogP contribution in [0.3, 0.4) is 0 Å². The maximum atomic E-state index is 12.9. The number of alkyl halides is 2. The molecule has 142 valence electrons. The van der Waals surface area contributed by atoms with Crippen molar-refractivity contribution < 1.29 is 9.63 Å². The molecule has 8 heteroatoms. The Labute approximate surface area is 161 Å². The van der Waals surface area contributed by atoms with Crippen LogP contribution in [0.1, 0.15) is 24.1 Å².